The standard InChI is InChI=1S/C14H15F2N3O2S/c1-22(21)14-17-7-8-6-10(11(15)16)13(20)19(12(8)18-14)9-4-2-3-5-9/h6-7,9,11H,2-5H2,1H3. The molecule has 3 rings (SSSR count). The lowest BCUT2D eigenvalue weighted by molar-refractivity contribution is 0.149. The number of hydrogen-bond donors (Lipinski definition) is 0. The Labute approximate surface area is 128 Å². The third kappa shape index (κ3) is 2.61. The Morgan fingerprint density at radius 3 is 2.68 bits per heavy atom. The molecule has 0 bridgehead atoms. The van der Waals surface area contributed by atoms with E-state index < -0.39 is 28.7 Å². The fourth-order valence-electron chi connectivity index (χ4n) is 2.92. The summed E-state index contributed by atoms with van der Waals surface area (Å²) in [5.74, 6) is 0. The smallest absolute Gasteiger partial charge is 0.344 e. The second-order valence-electron chi connectivity index (χ2n) is 5.40. The molecule has 8 heteroatoms. The van der Waals surface area contributed by atoms with Crippen LogP contribution in [0.25, 0.3) is 11.0 Å². The summed E-state index contributed by atoms with van der Waals surface area (Å²) in [7, 11) is 0. The molecule has 0 N–H and O–H groups in total. The molecule has 1 atom stereocenters. The van der Waals surface area contributed by atoms with E-state index in [0.29, 0.717) is 11.0 Å². The highest BCUT2D eigenvalue weighted by Crippen LogP contribution is 2.31. The Bertz CT molecular complexity index is 758. The van der Waals surface area contributed by atoms with Crippen LogP contribution in [0.2, 0.25) is 0 Å². The van der Waals surface area contributed by atoms with Gasteiger partial charge in [0.1, 0.15) is 6.26 Å². The molecular formula is C14H15F2N3O2S. The van der Waals surface area contributed by atoms with Crippen LogP contribution in [0.4, 0.5) is 8.78 Å². The molecule has 1 fully saturated rings. The van der Waals surface area contributed by atoms with Gasteiger partial charge in [0.15, 0.2) is 5.65 Å². The maximum Gasteiger partial charge on any atom is 0.344 e. The first-order chi connectivity index (χ1) is 10.5. The van der Waals surface area contributed by atoms with Gasteiger partial charge in [0.2, 0.25) is 0 Å². The first-order valence-corrected chi connectivity index (χ1v) is 8.58. The summed E-state index contributed by atoms with van der Waals surface area (Å²) in [6, 6.07) is 0.998. The quantitative estimate of drug-likeness (QED) is 0.642. The largest absolute Gasteiger partial charge is 0.609 e. The van der Waals surface area contributed by atoms with Crippen molar-refractivity contribution in [2.45, 2.75) is 43.3 Å². The third-order valence-electron chi connectivity index (χ3n) is 3.96. The second kappa shape index (κ2) is 5.92. The van der Waals surface area contributed by atoms with Gasteiger partial charge < -0.3 is 4.55 Å². The number of pyridine rings is 1. The summed E-state index contributed by atoms with van der Waals surface area (Å²) >= 11 is -1.40. The van der Waals surface area contributed by atoms with Crippen molar-refractivity contribution in [1.29, 1.82) is 0 Å². The number of nitrogens with zero attached hydrogens (tertiary/aromatic N) is 3. The van der Waals surface area contributed by atoms with Gasteiger partial charge in [-0.2, -0.15) is 9.97 Å². The fraction of sp³-hybridized carbons (Fsp3) is 0.500. The molecule has 0 saturated heterocycles. The number of aromatic nitrogens is 3. The van der Waals surface area contributed by atoms with E-state index in [4.69, 9.17) is 0 Å². The van der Waals surface area contributed by atoms with Gasteiger partial charge in [-0.05, 0) is 18.9 Å². The fourth-order valence-corrected chi connectivity index (χ4v) is 3.34. The lowest BCUT2D eigenvalue weighted by Gasteiger charge is -2.17. The lowest BCUT2D eigenvalue weighted by atomic mass is 10.1. The zero-order valence-electron chi connectivity index (χ0n) is 12.0. The van der Waals surface area contributed by atoms with Gasteiger partial charge >= 0.3 is 5.16 Å². The van der Waals surface area contributed by atoms with Gasteiger partial charge in [-0.3, -0.25) is 9.36 Å². The summed E-state index contributed by atoms with van der Waals surface area (Å²) in [5.41, 5.74) is -0.948. The molecule has 118 valence electrons. The average molecular weight is 327 g/mol. The molecule has 5 nitrogen and oxygen atoms in total. The molecule has 2 heterocycles. The maximum atomic E-state index is 13.1. The highest BCUT2D eigenvalue weighted by molar-refractivity contribution is 7.90. The van der Waals surface area contributed by atoms with Crippen LogP contribution in [0, 0.1) is 0 Å². The molecule has 1 saturated carbocycles. The first-order valence-electron chi connectivity index (χ1n) is 7.03. The van der Waals surface area contributed by atoms with Crippen molar-refractivity contribution < 1.29 is 13.3 Å². The molecule has 0 aliphatic heterocycles. The summed E-state index contributed by atoms with van der Waals surface area (Å²) in [6.07, 6.45) is 3.38. The minimum Gasteiger partial charge on any atom is -0.609 e. The molecule has 1 aliphatic carbocycles. The van der Waals surface area contributed by atoms with Crippen molar-refractivity contribution >= 4 is 22.2 Å². The molecule has 0 amide bonds. The monoisotopic (exact) mass is 327 g/mol. The number of halogens is 2. The molecular weight excluding hydrogens is 312 g/mol. The van der Waals surface area contributed by atoms with Gasteiger partial charge in [0, 0.05) is 28.8 Å². The number of fused-ring (bicyclic) bond motifs is 1. The Balaban J connectivity index is 2.31. The molecule has 2 aromatic rings. The molecule has 22 heavy (non-hydrogen) atoms. The van der Waals surface area contributed by atoms with Crippen molar-refractivity contribution in [3.05, 3.63) is 28.2 Å². The maximum absolute atomic E-state index is 13.1. The zero-order chi connectivity index (χ0) is 15.9. The van der Waals surface area contributed by atoms with Crippen LogP contribution in [0.3, 0.4) is 0 Å². The number of alkyl halides is 2. The predicted octanol–water partition coefficient (Wildman–Crippen LogP) is 2.58. The van der Waals surface area contributed by atoms with Gasteiger partial charge in [-0.25, -0.2) is 8.78 Å². The second-order valence-corrected chi connectivity index (χ2v) is 6.67. The van der Waals surface area contributed by atoms with Crippen LogP contribution in [-0.2, 0) is 11.2 Å². The average Bonchev–Trinajstić information content (AvgIpc) is 2.99. The van der Waals surface area contributed by atoms with Crippen molar-refractivity contribution in [1.82, 2.24) is 14.5 Å². The van der Waals surface area contributed by atoms with E-state index >= 15 is 0 Å². The Morgan fingerprint density at radius 1 is 1.41 bits per heavy atom. The zero-order valence-corrected chi connectivity index (χ0v) is 12.8. The molecule has 0 spiro atoms. The molecule has 1 unspecified atom stereocenters. The van der Waals surface area contributed by atoms with Crippen molar-refractivity contribution in [3.8, 4) is 0 Å². The minimum atomic E-state index is -2.84. The van der Waals surface area contributed by atoms with Crippen LogP contribution in [0.5, 0.6) is 0 Å². The Hall–Kier alpha value is -1.54. The van der Waals surface area contributed by atoms with E-state index in [1.807, 2.05) is 0 Å². The van der Waals surface area contributed by atoms with Gasteiger partial charge in [-0.1, -0.05) is 12.8 Å². The van der Waals surface area contributed by atoms with E-state index in [2.05, 4.69) is 9.97 Å². The number of rotatable bonds is 3. The van der Waals surface area contributed by atoms with Crippen molar-refractivity contribution in [2.75, 3.05) is 6.26 Å². The normalized spacial score (nSPS) is 17.5. The van der Waals surface area contributed by atoms with Gasteiger partial charge in [-0.15, -0.1) is 0 Å². The SMILES string of the molecule is C[S+]([O-])c1ncc2cc(C(F)F)c(=O)n(C3CCCC3)c2n1. The van der Waals surface area contributed by atoms with Gasteiger partial charge in [0.25, 0.3) is 12.0 Å². The van der Waals surface area contributed by atoms with Crippen LogP contribution >= 0.6 is 0 Å². The van der Waals surface area contributed by atoms with Gasteiger partial charge in [0.05, 0.1) is 5.56 Å². The molecule has 0 radical (unpaired) electrons. The van der Waals surface area contributed by atoms with E-state index in [0.717, 1.165) is 31.7 Å². The highest BCUT2D eigenvalue weighted by atomic mass is 32.2. The summed E-state index contributed by atoms with van der Waals surface area (Å²) in [4.78, 5) is 20.6. The summed E-state index contributed by atoms with van der Waals surface area (Å²) in [6.45, 7) is 0. The topological polar surface area (TPSA) is 70.8 Å². The predicted molar refractivity (Wildman–Crippen MR) is 78.6 cm³/mol. The number of hydrogen-bond acceptors (Lipinski definition) is 4. The molecule has 2 aromatic heterocycles. The third-order valence-corrected chi connectivity index (χ3v) is 4.67. The van der Waals surface area contributed by atoms with Crippen LogP contribution in [0.15, 0.2) is 22.2 Å². The van der Waals surface area contributed by atoms with Crippen molar-refractivity contribution in [3.63, 3.8) is 0 Å². The van der Waals surface area contributed by atoms with E-state index in [-0.39, 0.29) is 11.2 Å². The molecule has 0 aromatic carbocycles. The van der Waals surface area contributed by atoms with Crippen LogP contribution in [-0.4, -0.2) is 25.3 Å². The lowest BCUT2D eigenvalue weighted by Crippen LogP contribution is -2.28. The first kappa shape index (κ1) is 15.4. The van der Waals surface area contributed by atoms with E-state index in [1.54, 1.807) is 0 Å². The molecule has 1 aliphatic rings. The summed E-state index contributed by atoms with van der Waals surface area (Å²) in [5, 5.41) is 0.472. The van der Waals surface area contributed by atoms with Crippen LogP contribution < -0.4 is 5.56 Å². The Kier molecular flexibility index (Phi) is 4.14. The van der Waals surface area contributed by atoms with E-state index in [9.17, 15) is 18.1 Å². The Morgan fingerprint density at radius 2 is 2.09 bits per heavy atom. The van der Waals surface area contributed by atoms with E-state index in [1.165, 1.54) is 17.0 Å². The van der Waals surface area contributed by atoms with Crippen molar-refractivity contribution in [2.24, 2.45) is 0 Å². The van der Waals surface area contributed by atoms with Crippen LogP contribution in [0.1, 0.15) is 43.7 Å². The highest BCUT2D eigenvalue weighted by Gasteiger charge is 2.25. The summed E-state index contributed by atoms with van der Waals surface area (Å²) < 4.78 is 39.2. The minimum absolute atomic E-state index is 0.100.